The van der Waals surface area contributed by atoms with Gasteiger partial charge >= 0.3 is 0 Å². The van der Waals surface area contributed by atoms with E-state index in [1.807, 2.05) is 77.6 Å². The first-order valence-electron chi connectivity index (χ1n) is 7.93. The van der Waals surface area contributed by atoms with Crippen LogP contribution in [0.1, 0.15) is 10.4 Å². The van der Waals surface area contributed by atoms with Crippen LogP contribution in [0.25, 0.3) is 16.9 Å². The molecule has 5 nitrogen and oxygen atoms in total. The molecule has 2 aromatic carbocycles. The number of hydrogen-bond donors (Lipinski definition) is 2. The molecule has 0 spiro atoms. The fourth-order valence-corrected chi connectivity index (χ4v) is 2.67. The summed E-state index contributed by atoms with van der Waals surface area (Å²) in [6.07, 6.45) is 7.32. The van der Waals surface area contributed by atoms with E-state index in [2.05, 4.69) is 15.3 Å². The van der Waals surface area contributed by atoms with Crippen molar-refractivity contribution in [2.75, 3.05) is 5.32 Å². The van der Waals surface area contributed by atoms with Gasteiger partial charge in [-0.25, -0.2) is 4.98 Å². The van der Waals surface area contributed by atoms with E-state index in [4.69, 9.17) is 0 Å². The van der Waals surface area contributed by atoms with Crippen LogP contribution in [0.4, 0.5) is 5.69 Å². The molecular weight excluding hydrogens is 312 g/mol. The third-order valence-corrected chi connectivity index (χ3v) is 3.96. The molecule has 0 bridgehead atoms. The van der Waals surface area contributed by atoms with Gasteiger partial charge in [-0.15, -0.1) is 0 Å². The van der Waals surface area contributed by atoms with E-state index in [0.29, 0.717) is 5.56 Å². The first-order chi connectivity index (χ1) is 12.3. The van der Waals surface area contributed by atoms with Crippen molar-refractivity contribution in [1.82, 2.24) is 14.5 Å². The lowest BCUT2D eigenvalue weighted by atomic mass is 10.1. The van der Waals surface area contributed by atoms with E-state index in [-0.39, 0.29) is 5.91 Å². The lowest BCUT2D eigenvalue weighted by Gasteiger charge is -2.08. The molecule has 25 heavy (non-hydrogen) atoms. The van der Waals surface area contributed by atoms with Crippen LogP contribution >= 0.6 is 0 Å². The Morgan fingerprint density at radius 2 is 1.80 bits per heavy atom. The second-order valence-corrected chi connectivity index (χ2v) is 5.64. The number of benzene rings is 2. The molecule has 1 amide bonds. The van der Waals surface area contributed by atoms with Gasteiger partial charge in [-0.05, 0) is 48.5 Å². The maximum Gasteiger partial charge on any atom is 0.255 e. The molecule has 0 aliphatic heterocycles. The van der Waals surface area contributed by atoms with E-state index >= 15 is 0 Å². The molecule has 0 fully saturated rings. The van der Waals surface area contributed by atoms with Gasteiger partial charge in [0.05, 0.1) is 18.2 Å². The highest BCUT2D eigenvalue weighted by Gasteiger charge is 2.07. The molecule has 0 saturated heterocycles. The molecule has 4 rings (SSSR count). The van der Waals surface area contributed by atoms with E-state index < -0.39 is 0 Å². The fourth-order valence-electron chi connectivity index (χ4n) is 2.67. The Bertz CT molecular complexity index is 971. The van der Waals surface area contributed by atoms with Crippen LogP contribution in [-0.2, 0) is 0 Å². The van der Waals surface area contributed by atoms with Gasteiger partial charge in [-0.2, -0.15) is 0 Å². The minimum absolute atomic E-state index is 0.138. The van der Waals surface area contributed by atoms with E-state index in [0.717, 1.165) is 22.6 Å². The van der Waals surface area contributed by atoms with Crippen molar-refractivity contribution in [1.29, 1.82) is 0 Å². The lowest BCUT2D eigenvalue weighted by molar-refractivity contribution is 0.102. The molecule has 2 aromatic heterocycles. The second-order valence-electron chi connectivity index (χ2n) is 5.64. The van der Waals surface area contributed by atoms with Crippen LogP contribution in [0.15, 0.2) is 85.6 Å². The first-order valence-corrected chi connectivity index (χ1v) is 7.93. The maximum absolute atomic E-state index is 12.5. The lowest BCUT2D eigenvalue weighted by Crippen LogP contribution is -2.11. The number of amides is 1. The number of carbonyl (C=O) groups is 1. The molecule has 0 radical (unpaired) electrons. The van der Waals surface area contributed by atoms with Crippen molar-refractivity contribution in [3.8, 4) is 16.9 Å². The second kappa shape index (κ2) is 6.49. The Labute approximate surface area is 145 Å². The molecule has 0 aliphatic carbocycles. The normalized spacial score (nSPS) is 10.6. The van der Waals surface area contributed by atoms with Crippen LogP contribution in [0.3, 0.4) is 0 Å². The summed E-state index contributed by atoms with van der Waals surface area (Å²) in [6, 6.07) is 19.1. The standard InChI is InChI=1S/C20H16N4O/c25-20(15-6-8-18(9-7-15)24-10-1-2-11-24)23-17-5-3-4-16(12-17)19-13-21-14-22-19/h1-14H,(H,21,22)(H,23,25). The average molecular weight is 328 g/mol. The molecular formula is C20H16N4O. The van der Waals surface area contributed by atoms with Crippen molar-refractivity contribution in [2.24, 2.45) is 0 Å². The molecule has 5 heteroatoms. The van der Waals surface area contributed by atoms with Crippen molar-refractivity contribution in [3.05, 3.63) is 91.1 Å². The molecule has 2 heterocycles. The van der Waals surface area contributed by atoms with Crippen LogP contribution in [0.2, 0.25) is 0 Å². The summed E-state index contributed by atoms with van der Waals surface area (Å²) < 4.78 is 2.00. The zero-order valence-corrected chi connectivity index (χ0v) is 13.4. The monoisotopic (exact) mass is 328 g/mol. The Hall–Kier alpha value is -3.60. The SMILES string of the molecule is O=C(Nc1cccc(-c2cnc[nH]2)c1)c1ccc(-n2cccc2)cc1. The van der Waals surface area contributed by atoms with Crippen LogP contribution in [0, 0.1) is 0 Å². The van der Waals surface area contributed by atoms with Crippen molar-refractivity contribution in [2.45, 2.75) is 0 Å². The minimum Gasteiger partial charge on any atom is -0.345 e. The molecule has 0 aliphatic rings. The van der Waals surface area contributed by atoms with Gasteiger partial charge < -0.3 is 14.9 Å². The summed E-state index contributed by atoms with van der Waals surface area (Å²) in [5.41, 5.74) is 4.25. The minimum atomic E-state index is -0.138. The third-order valence-electron chi connectivity index (χ3n) is 3.96. The number of nitrogens with zero attached hydrogens (tertiary/aromatic N) is 2. The van der Waals surface area contributed by atoms with Crippen molar-refractivity contribution in [3.63, 3.8) is 0 Å². The molecule has 0 atom stereocenters. The van der Waals surface area contributed by atoms with Gasteiger partial charge in [-0.1, -0.05) is 12.1 Å². The number of carbonyl (C=O) groups excluding carboxylic acids is 1. The fraction of sp³-hybridized carbons (Fsp3) is 0. The summed E-state index contributed by atoms with van der Waals surface area (Å²) in [4.78, 5) is 19.6. The Morgan fingerprint density at radius 3 is 2.52 bits per heavy atom. The number of aromatic amines is 1. The highest BCUT2D eigenvalue weighted by Crippen LogP contribution is 2.21. The van der Waals surface area contributed by atoms with Crippen LogP contribution < -0.4 is 5.32 Å². The zero-order chi connectivity index (χ0) is 17.1. The van der Waals surface area contributed by atoms with Gasteiger partial charge in [-0.3, -0.25) is 4.79 Å². The summed E-state index contributed by atoms with van der Waals surface area (Å²) in [5.74, 6) is -0.138. The number of aromatic nitrogens is 3. The molecule has 0 unspecified atom stereocenters. The van der Waals surface area contributed by atoms with Crippen molar-refractivity contribution >= 4 is 11.6 Å². The summed E-state index contributed by atoms with van der Waals surface area (Å²) in [6.45, 7) is 0. The Morgan fingerprint density at radius 1 is 1.00 bits per heavy atom. The quantitative estimate of drug-likeness (QED) is 0.592. The molecule has 2 N–H and O–H groups in total. The Balaban J connectivity index is 1.51. The number of H-pyrrole nitrogens is 1. The first kappa shape index (κ1) is 15.0. The van der Waals surface area contributed by atoms with Gasteiger partial charge in [0, 0.05) is 34.9 Å². The van der Waals surface area contributed by atoms with Crippen LogP contribution in [0.5, 0.6) is 0 Å². The Kier molecular flexibility index (Phi) is 3.88. The largest absolute Gasteiger partial charge is 0.345 e. The average Bonchev–Trinajstić information content (AvgIpc) is 3.36. The number of rotatable bonds is 4. The summed E-state index contributed by atoms with van der Waals surface area (Å²) in [5, 5.41) is 2.93. The van der Waals surface area contributed by atoms with E-state index in [9.17, 15) is 4.79 Å². The molecule has 0 saturated carbocycles. The predicted molar refractivity (Wildman–Crippen MR) is 97.7 cm³/mol. The number of nitrogens with one attached hydrogen (secondary N) is 2. The van der Waals surface area contributed by atoms with E-state index in [1.165, 1.54) is 0 Å². The topological polar surface area (TPSA) is 62.7 Å². The smallest absolute Gasteiger partial charge is 0.255 e. The zero-order valence-electron chi connectivity index (χ0n) is 13.4. The van der Waals surface area contributed by atoms with Crippen LogP contribution in [-0.4, -0.2) is 20.4 Å². The summed E-state index contributed by atoms with van der Waals surface area (Å²) in [7, 11) is 0. The highest BCUT2D eigenvalue weighted by molar-refractivity contribution is 6.04. The number of anilines is 1. The van der Waals surface area contributed by atoms with E-state index in [1.54, 1.807) is 12.5 Å². The molecule has 4 aromatic rings. The maximum atomic E-state index is 12.5. The number of imidazole rings is 1. The van der Waals surface area contributed by atoms with Gasteiger partial charge in [0.25, 0.3) is 5.91 Å². The highest BCUT2D eigenvalue weighted by atomic mass is 16.1. The predicted octanol–water partition coefficient (Wildman–Crippen LogP) is 4.12. The third kappa shape index (κ3) is 3.21. The van der Waals surface area contributed by atoms with Gasteiger partial charge in [0.1, 0.15) is 0 Å². The number of hydrogen-bond acceptors (Lipinski definition) is 2. The molecule has 122 valence electrons. The van der Waals surface area contributed by atoms with Gasteiger partial charge in [0.15, 0.2) is 0 Å². The van der Waals surface area contributed by atoms with Gasteiger partial charge in [0.2, 0.25) is 0 Å². The van der Waals surface area contributed by atoms with Crippen molar-refractivity contribution < 1.29 is 4.79 Å². The summed E-state index contributed by atoms with van der Waals surface area (Å²) >= 11 is 0.